The van der Waals surface area contributed by atoms with Gasteiger partial charge in [-0.1, -0.05) is 0 Å². The summed E-state index contributed by atoms with van der Waals surface area (Å²) in [5.74, 6) is -3.61. The Bertz CT molecular complexity index is 821. The molecule has 0 saturated heterocycles. The molecule has 0 unspecified atom stereocenters. The molecule has 0 radical (unpaired) electrons. The second-order valence-electron chi connectivity index (χ2n) is 4.55. The standard InChI is InChI=1S/C14H8F5N3O2/c15-7-2-9(16)11(10(3-7)22-5-23)8-1-6(14(17,18)19)4-21-12(8)13(20)24/h1-5H,(H2,20,24)(H,22,23). The lowest BCUT2D eigenvalue weighted by atomic mass is 9.98. The number of nitrogens with two attached hydrogens (primary N) is 1. The third-order valence-corrected chi connectivity index (χ3v) is 2.99. The second kappa shape index (κ2) is 6.22. The molecule has 0 bridgehead atoms. The van der Waals surface area contributed by atoms with E-state index >= 15 is 0 Å². The average Bonchev–Trinajstić information content (AvgIpc) is 2.45. The first-order chi connectivity index (χ1) is 11.1. The summed E-state index contributed by atoms with van der Waals surface area (Å²) in [6, 6.07) is 1.51. The monoisotopic (exact) mass is 345 g/mol. The van der Waals surface area contributed by atoms with Crippen LogP contribution in [-0.4, -0.2) is 17.3 Å². The molecule has 2 aromatic rings. The van der Waals surface area contributed by atoms with Crippen LogP contribution in [0.2, 0.25) is 0 Å². The summed E-state index contributed by atoms with van der Waals surface area (Å²) in [6.45, 7) is 0. The quantitative estimate of drug-likeness (QED) is 0.660. The first-order valence-electron chi connectivity index (χ1n) is 6.21. The number of amides is 2. The van der Waals surface area contributed by atoms with Crippen LogP contribution < -0.4 is 11.1 Å². The smallest absolute Gasteiger partial charge is 0.364 e. The summed E-state index contributed by atoms with van der Waals surface area (Å²) in [5.41, 5.74) is 1.36. The summed E-state index contributed by atoms with van der Waals surface area (Å²) < 4.78 is 66.0. The van der Waals surface area contributed by atoms with Gasteiger partial charge in [-0.05, 0) is 12.1 Å². The topological polar surface area (TPSA) is 85.1 Å². The number of aromatic nitrogens is 1. The Hall–Kier alpha value is -3.04. The number of pyridine rings is 1. The summed E-state index contributed by atoms with van der Waals surface area (Å²) in [6.07, 6.45) is -4.40. The van der Waals surface area contributed by atoms with Crippen molar-refractivity contribution in [3.8, 4) is 11.1 Å². The lowest BCUT2D eigenvalue weighted by Gasteiger charge is -2.15. The van der Waals surface area contributed by atoms with Crippen molar-refractivity contribution in [1.29, 1.82) is 0 Å². The molecule has 0 aliphatic heterocycles. The molecule has 0 aliphatic carbocycles. The lowest BCUT2D eigenvalue weighted by molar-refractivity contribution is -0.137. The van der Waals surface area contributed by atoms with Gasteiger partial charge in [-0.25, -0.2) is 13.8 Å². The molecule has 0 aliphatic rings. The van der Waals surface area contributed by atoms with E-state index in [9.17, 15) is 31.5 Å². The average molecular weight is 345 g/mol. The van der Waals surface area contributed by atoms with Crippen molar-refractivity contribution in [2.24, 2.45) is 5.73 Å². The first kappa shape index (κ1) is 17.3. The maximum absolute atomic E-state index is 14.1. The van der Waals surface area contributed by atoms with E-state index in [-0.39, 0.29) is 6.41 Å². The number of alkyl halides is 3. The number of halogens is 5. The molecule has 0 fully saturated rings. The number of carbonyl (C=O) groups excluding carboxylic acids is 2. The molecule has 1 aromatic heterocycles. The van der Waals surface area contributed by atoms with Crippen LogP contribution in [0.4, 0.5) is 27.6 Å². The van der Waals surface area contributed by atoms with Gasteiger partial charge in [0.1, 0.15) is 17.3 Å². The molecule has 2 amide bonds. The Labute approximate surface area is 131 Å². The van der Waals surface area contributed by atoms with Gasteiger partial charge in [-0.15, -0.1) is 0 Å². The number of carbonyl (C=O) groups is 2. The largest absolute Gasteiger partial charge is 0.417 e. The maximum atomic E-state index is 14.1. The van der Waals surface area contributed by atoms with Gasteiger partial charge in [0.2, 0.25) is 6.41 Å². The van der Waals surface area contributed by atoms with Crippen molar-refractivity contribution in [3.63, 3.8) is 0 Å². The number of rotatable bonds is 4. The van der Waals surface area contributed by atoms with E-state index in [1.807, 2.05) is 5.32 Å². The van der Waals surface area contributed by atoms with Gasteiger partial charge in [-0.2, -0.15) is 13.2 Å². The van der Waals surface area contributed by atoms with Crippen LogP contribution in [0.3, 0.4) is 0 Å². The molecule has 3 N–H and O–H groups in total. The van der Waals surface area contributed by atoms with Gasteiger partial charge in [0.25, 0.3) is 5.91 Å². The van der Waals surface area contributed by atoms with Crippen molar-refractivity contribution < 1.29 is 31.5 Å². The van der Waals surface area contributed by atoms with Gasteiger partial charge < -0.3 is 11.1 Å². The molecule has 24 heavy (non-hydrogen) atoms. The van der Waals surface area contributed by atoms with Gasteiger partial charge >= 0.3 is 6.18 Å². The van der Waals surface area contributed by atoms with E-state index < -0.39 is 51.8 Å². The van der Waals surface area contributed by atoms with Crippen LogP contribution in [0.25, 0.3) is 11.1 Å². The number of primary amides is 1. The summed E-state index contributed by atoms with van der Waals surface area (Å²) in [7, 11) is 0. The Balaban J connectivity index is 2.84. The highest BCUT2D eigenvalue weighted by atomic mass is 19.4. The van der Waals surface area contributed by atoms with Crippen LogP contribution >= 0.6 is 0 Å². The number of nitrogens with zero attached hydrogens (tertiary/aromatic N) is 1. The van der Waals surface area contributed by atoms with E-state index in [0.29, 0.717) is 24.4 Å². The predicted octanol–water partition coefficient (Wildman–Crippen LogP) is 2.71. The number of hydrogen-bond acceptors (Lipinski definition) is 3. The minimum atomic E-state index is -4.83. The molecule has 126 valence electrons. The fourth-order valence-electron chi connectivity index (χ4n) is 2.03. The zero-order valence-electron chi connectivity index (χ0n) is 11.6. The SMILES string of the molecule is NC(=O)c1ncc(C(F)(F)F)cc1-c1c(F)cc(F)cc1NC=O. The summed E-state index contributed by atoms with van der Waals surface area (Å²) in [5, 5.41) is 1.96. The van der Waals surface area contributed by atoms with Crippen molar-refractivity contribution in [1.82, 2.24) is 4.98 Å². The van der Waals surface area contributed by atoms with Crippen molar-refractivity contribution >= 4 is 18.0 Å². The molecule has 0 spiro atoms. The number of benzene rings is 1. The Kier molecular flexibility index (Phi) is 4.49. The predicted molar refractivity (Wildman–Crippen MR) is 72.8 cm³/mol. The first-order valence-corrected chi connectivity index (χ1v) is 6.21. The molecule has 5 nitrogen and oxygen atoms in total. The number of hydrogen-bond donors (Lipinski definition) is 2. The van der Waals surface area contributed by atoms with E-state index in [2.05, 4.69) is 4.98 Å². The number of nitrogens with one attached hydrogen (secondary N) is 1. The van der Waals surface area contributed by atoms with E-state index in [4.69, 9.17) is 5.73 Å². The van der Waals surface area contributed by atoms with Crippen LogP contribution in [0.1, 0.15) is 16.1 Å². The molecule has 0 saturated carbocycles. The Morgan fingerprint density at radius 3 is 2.42 bits per heavy atom. The highest BCUT2D eigenvalue weighted by Crippen LogP contribution is 2.37. The van der Waals surface area contributed by atoms with E-state index in [1.165, 1.54) is 0 Å². The lowest BCUT2D eigenvalue weighted by Crippen LogP contribution is -2.17. The highest BCUT2D eigenvalue weighted by Gasteiger charge is 2.33. The fraction of sp³-hybridized carbons (Fsp3) is 0.0714. The summed E-state index contributed by atoms with van der Waals surface area (Å²) >= 11 is 0. The zero-order valence-corrected chi connectivity index (χ0v) is 11.6. The van der Waals surface area contributed by atoms with Crippen molar-refractivity contribution in [3.05, 3.63) is 47.3 Å². The summed E-state index contributed by atoms with van der Waals surface area (Å²) in [4.78, 5) is 25.3. The molecule has 0 atom stereocenters. The fourth-order valence-corrected chi connectivity index (χ4v) is 2.03. The van der Waals surface area contributed by atoms with E-state index in [0.717, 1.165) is 0 Å². The maximum Gasteiger partial charge on any atom is 0.417 e. The molecule has 1 aromatic carbocycles. The van der Waals surface area contributed by atoms with Crippen LogP contribution in [0, 0.1) is 11.6 Å². The zero-order chi connectivity index (χ0) is 18.1. The molecular weight excluding hydrogens is 337 g/mol. The molecule has 1 heterocycles. The van der Waals surface area contributed by atoms with Crippen LogP contribution in [0.15, 0.2) is 24.4 Å². The Morgan fingerprint density at radius 1 is 1.21 bits per heavy atom. The van der Waals surface area contributed by atoms with Crippen molar-refractivity contribution in [2.75, 3.05) is 5.32 Å². The van der Waals surface area contributed by atoms with Crippen LogP contribution in [-0.2, 0) is 11.0 Å². The van der Waals surface area contributed by atoms with E-state index in [1.54, 1.807) is 0 Å². The van der Waals surface area contributed by atoms with Gasteiger partial charge in [-0.3, -0.25) is 9.59 Å². The van der Waals surface area contributed by atoms with Gasteiger partial charge in [0.05, 0.1) is 11.3 Å². The van der Waals surface area contributed by atoms with Crippen LogP contribution in [0.5, 0.6) is 0 Å². The Morgan fingerprint density at radius 2 is 1.88 bits per heavy atom. The third-order valence-electron chi connectivity index (χ3n) is 2.99. The molecule has 10 heteroatoms. The third kappa shape index (κ3) is 3.31. The van der Waals surface area contributed by atoms with Gasteiger partial charge in [0.15, 0.2) is 0 Å². The highest BCUT2D eigenvalue weighted by molar-refractivity contribution is 6.00. The molecule has 2 rings (SSSR count). The minimum Gasteiger partial charge on any atom is -0.364 e. The van der Waals surface area contributed by atoms with Crippen molar-refractivity contribution in [2.45, 2.75) is 6.18 Å². The van der Waals surface area contributed by atoms with Gasteiger partial charge in [0, 0.05) is 23.4 Å². The normalized spacial score (nSPS) is 11.2. The number of anilines is 1. The second-order valence-corrected chi connectivity index (χ2v) is 4.55. The minimum absolute atomic E-state index is 0.0721. The molecular formula is C14H8F5N3O2.